The lowest BCUT2D eigenvalue weighted by atomic mass is 10.2. The molecule has 0 aliphatic rings. The Bertz CT molecular complexity index is 579. The predicted octanol–water partition coefficient (Wildman–Crippen LogP) is 1.82. The van der Waals surface area contributed by atoms with Gasteiger partial charge in [0.25, 0.3) is 5.69 Å². The van der Waals surface area contributed by atoms with Gasteiger partial charge in [0.05, 0.1) is 16.7 Å². The fourth-order valence-corrected chi connectivity index (χ4v) is 1.58. The van der Waals surface area contributed by atoms with Crippen molar-refractivity contribution in [3.8, 4) is 11.4 Å². The van der Waals surface area contributed by atoms with Crippen LogP contribution in [-0.2, 0) is 7.05 Å². The number of nitro groups is 1. The molecule has 2 heterocycles. The topological polar surface area (TPSA) is 85.9 Å². The summed E-state index contributed by atoms with van der Waals surface area (Å²) < 4.78 is 1.63. The van der Waals surface area contributed by atoms with E-state index in [9.17, 15) is 10.1 Å². The van der Waals surface area contributed by atoms with Crippen LogP contribution in [0.1, 0.15) is 6.92 Å². The maximum atomic E-state index is 10.9. The number of nitrogens with one attached hydrogen (secondary N) is 1. The van der Waals surface area contributed by atoms with Crippen LogP contribution in [0.2, 0.25) is 0 Å². The summed E-state index contributed by atoms with van der Waals surface area (Å²) in [7, 11) is 1.78. The van der Waals surface area contributed by atoms with Gasteiger partial charge < -0.3 is 5.32 Å². The van der Waals surface area contributed by atoms with E-state index in [2.05, 4.69) is 15.4 Å². The predicted molar refractivity (Wildman–Crippen MR) is 67.3 cm³/mol. The number of rotatable bonds is 4. The smallest absolute Gasteiger partial charge is 0.275 e. The van der Waals surface area contributed by atoms with Gasteiger partial charge in [0.15, 0.2) is 0 Å². The van der Waals surface area contributed by atoms with Crippen LogP contribution in [0.5, 0.6) is 0 Å². The molecule has 7 heteroatoms. The van der Waals surface area contributed by atoms with Crippen molar-refractivity contribution in [1.82, 2.24) is 14.8 Å². The second-order valence-electron chi connectivity index (χ2n) is 3.76. The van der Waals surface area contributed by atoms with Gasteiger partial charge in [-0.3, -0.25) is 14.8 Å². The number of aromatic nitrogens is 3. The summed E-state index contributed by atoms with van der Waals surface area (Å²) in [5, 5.41) is 18.0. The SMILES string of the molecule is CCNc1cc([N+](=O)[O-])cc(-c2ccn(C)n2)n1. The lowest BCUT2D eigenvalue weighted by Crippen LogP contribution is -2.02. The van der Waals surface area contributed by atoms with E-state index in [0.717, 1.165) is 0 Å². The van der Waals surface area contributed by atoms with Crippen molar-refractivity contribution in [2.24, 2.45) is 7.05 Å². The van der Waals surface area contributed by atoms with E-state index in [1.165, 1.54) is 12.1 Å². The van der Waals surface area contributed by atoms with Gasteiger partial charge in [0.1, 0.15) is 11.5 Å². The van der Waals surface area contributed by atoms with E-state index in [4.69, 9.17) is 0 Å². The molecule has 7 nitrogen and oxygen atoms in total. The van der Waals surface area contributed by atoms with Gasteiger partial charge in [-0.15, -0.1) is 0 Å². The first-order valence-corrected chi connectivity index (χ1v) is 5.50. The zero-order chi connectivity index (χ0) is 13.1. The highest BCUT2D eigenvalue weighted by Crippen LogP contribution is 2.23. The van der Waals surface area contributed by atoms with Gasteiger partial charge in [-0.25, -0.2) is 4.98 Å². The maximum Gasteiger partial charge on any atom is 0.275 e. The molecule has 2 aromatic rings. The first-order valence-electron chi connectivity index (χ1n) is 5.50. The van der Waals surface area contributed by atoms with Crippen molar-refractivity contribution in [1.29, 1.82) is 0 Å². The lowest BCUT2D eigenvalue weighted by molar-refractivity contribution is -0.384. The van der Waals surface area contributed by atoms with Gasteiger partial charge in [-0.2, -0.15) is 5.10 Å². The van der Waals surface area contributed by atoms with E-state index < -0.39 is 4.92 Å². The first kappa shape index (κ1) is 12.0. The number of hydrogen-bond acceptors (Lipinski definition) is 5. The quantitative estimate of drug-likeness (QED) is 0.657. The van der Waals surface area contributed by atoms with Crippen LogP contribution in [0, 0.1) is 10.1 Å². The highest BCUT2D eigenvalue weighted by Gasteiger charge is 2.13. The normalized spacial score (nSPS) is 10.3. The van der Waals surface area contributed by atoms with E-state index in [-0.39, 0.29) is 5.69 Å². The number of hydrogen-bond donors (Lipinski definition) is 1. The van der Waals surface area contributed by atoms with Gasteiger partial charge in [-0.1, -0.05) is 0 Å². The Morgan fingerprint density at radius 3 is 2.78 bits per heavy atom. The number of anilines is 1. The zero-order valence-corrected chi connectivity index (χ0v) is 10.1. The van der Waals surface area contributed by atoms with Crippen molar-refractivity contribution >= 4 is 11.5 Å². The molecule has 0 aliphatic heterocycles. The third-order valence-electron chi connectivity index (χ3n) is 2.35. The molecule has 0 spiro atoms. The van der Waals surface area contributed by atoms with Crippen LogP contribution < -0.4 is 5.32 Å². The van der Waals surface area contributed by atoms with Gasteiger partial charge in [0, 0.05) is 25.9 Å². The van der Waals surface area contributed by atoms with Crippen LogP contribution in [0.15, 0.2) is 24.4 Å². The summed E-state index contributed by atoms with van der Waals surface area (Å²) in [5.41, 5.74) is 1.10. The Balaban J connectivity index is 2.49. The third kappa shape index (κ3) is 2.45. The molecule has 94 valence electrons. The minimum atomic E-state index is -0.436. The highest BCUT2D eigenvalue weighted by molar-refractivity contribution is 5.61. The molecule has 0 atom stereocenters. The molecule has 0 fully saturated rings. The molecule has 0 saturated heterocycles. The van der Waals surface area contributed by atoms with Crippen LogP contribution in [0.3, 0.4) is 0 Å². The number of aryl methyl sites for hydroxylation is 1. The lowest BCUT2D eigenvalue weighted by Gasteiger charge is -2.04. The standard InChI is InChI=1S/C11H13N5O2/c1-3-12-11-7-8(16(17)18)6-10(13-11)9-4-5-15(2)14-9/h4-7H,3H2,1-2H3,(H,12,13). The van der Waals surface area contributed by atoms with Crippen molar-refractivity contribution in [3.63, 3.8) is 0 Å². The van der Waals surface area contributed by atoms with Gasteiger partial charge in [-0.05, 0) is 13.0 Å². The molecule has 0 amide bonds. The summed E-state index contributed by atoms with van der Waals surface area (Å²) >= 11 is 0. The van der Waals surface area contributed by atoms with Crippen molar-refractivity contribution < 1.29 is 4.92 Å². The minimum Gasteiger partial charge on any atom is -0.370 e. The molecular formula is C11H13N5O2. The van der Waals surface area contributed by atoms with Crippen molar-refractivity contribution in [3.05, 3.63) is 34.5 Å². The van der Waals surface area contributed by atoms with Crippen LogP contribution in [0.4, 0.5) is 11.5 Å². The Hall–Kier alpha value is -2.44. The second-order valence-corrected chi connectivity index (χ2v) is 3.76. The molecule has 1 N–H and O–H groups in total. The summed E-state index contributed by atoms with van der Waals surface area (Å²) in [6.45, 7) is 2.55. The summed E-state index contributed by atoms with van der Waals surface area (Å²) in [4.78, 5) is 14.7. The summed E-state index contributed by atoms with van der Waals surface area (Å²) in [5.74, 6) is 0.479. The fraction of sp³-hybridized carbons (Fsp3) is 0.273. The summed E-state index contributed by atoms with van der Waals surface area (Å²) in [6, 6.07) is 4.60. The molecule has 0 bridgehead atoms. The van der Waals surface area contributed by atoms with Crippen LogP contribution >= 0.6 is 0 Å². The fourth-order valence-electron chi connectivity index (χ4n) is 1.58. The van der Waals surface area contributed by atoms with E-state index >= 15 is 0 Å². The van der Waals surface area contributed by atoms with E-state index in [1.807, 2.05) is 6.92 Å². The Kier molecular flexibility index (Phi) is 3.22. The van der Waals surface area contributed by atoms with E-state index in [1.54, 1.807) is 24.0 Å². The average Bonchev–Trinajstić information content (AvgIpc) is 2.76. The number of nitrogens with zero attached hydrogens (tertiary/aromatic N) is 4. The van der Waals surface area contributed by atoms with Crippen molar-refractivity contribution in [2.45, 2.75) is 6.92 Å². The van der Waals surface area contributed by atoms with E-state index in [0.29, 0.717) is 23.8 Å². The Morgan fingerprint density at radius 2 is 2.22 bits per heavy atom. The maximum absolute atomic E-state index is 10.9. The molecule has 0 saturated carbocycles. The molecule has 0 radical (unpaired) electrons. The zero-order valence-electron chi connectivity index (χ0n) is 10.1. The Morgan fingerprint density at radius 1 is 1.44 bits per heavy atom. The van der Waals surface area contributed by atoms with Crippen molar-refractivity contribution in [2.75, 3.05) is 11.9 Å². The molecule has 2 rings (SSSR count). The van der Waals surface area contributed by atoms with Crippen LogP contribution in [0.25, 0.3) is 11.4 Å². The first-order chi connectivity index (χ1) is 8.60. The van der Waals surface area contributed by atoms with Gasteiger partial charge >= 0.3 is 0 Å². The molecular weight excluding hydrogens is 234 g/mol. The molecule has 0 aliphatic carbocycles. The average molecular weight is 247 g/mol. The molecule has 18 heavy (non-hydrogen) atoms. The minimum absolute atomic E-state index is 0.00148. The highest BCUT2D eigenvalue weighted by atomic mass is 16.6. The summed E-state index contributed by atoms with van der Waals surface area (Å²) in [6.07, 6.45) is 1.77. The molecule has 0 aromatic carbocycles. The largest absolute Gasteiger partial charge is 0.370 e. The van der Waals surface area contributed by atoms with Gasteiger partial charge in [0.2, 0.25) is 0 Å². The van der Waals surface area contributed by atoms with Crippen LogP contribution in [-0.4, -0.2) is 26.2 Å². The molecule has 0 unspecified atom stereocenters. The number of pyridine rings is 1. The Labute approximate surface area is 104 Å². The second kappa shape index (κ2) is 4.82. The monoisotopic (exact) mass is 247 g/mol. The third-order valence-corrected chi connectivity index (χ3v) is 2.35. The molecule has 2 aromatic heterocycles.